The molecule has 0 radical (unpaired) electrons. The lowest BCUT2D eigenvalue weighted by Crippen LogP contribution is -2.32. The van der Waals surface area contributed by atoms with Crippen molar-refractivity contribution in [3.05, 3.63) is 29.3 Å². The maximum Gasteiger partial charge on any atom is 0.182 e. The fourth-order valence-corrected chi connectivity index (χ4v) is 2.15. The zero-order chi connectivity index (χ0) is 14.4. The van der Waals surface area contributed by atoms with E-state index in [1.54, 1.807) is 12.1 Å². The van der Waals surface area contributed by atoms with Crippen LogP contribution in [0.25, 0.3) is 0 Å². The predicted octanol–water partition coefficient (Wildman–Crippen LogP) is 3.83. The van der Waals surface area contributed by atoms with Gasteiger partial charge in [0.25, 0.3) is 0 Å². The van der Waals surface area contributed by atoms with Gasteiger partial charge in [-0.3, -0.25) is 0 Å². The highest BCUT2D eigenvalue weighted by atomic mass is 19.2. The fourth-order valence-electron chi connectivity index (χ4n) is 2.15. The van der Waals surface area contributed by atoms with Crippen LogP contribution in [0, 0.1) is 11.6 Å². The summed E-state index contributed by atoms with van der Waals surface area (Å²) >= 11 is 0. The smallest absolute Gasteiger partial charge is 0.182 e. The second kappa shape index (κ2) is 7.43. The third-order valence-electron chi connectivity index (χ3n) is 3.30. The van der Waals surface area contributed by atoms with Crippen LogP contribution in [0.5, 0.6) is 0 Å². The monoisotopic (exact) mass is 270 g/mol. The number of hydrogen-bond donors (Lipinski definition) is 1. The number of halogens is 2. The molecule has 1 rings (SSSR count). The van der Waals surface area contributed by atoms with Crippen LogP contribution in [0.3, 0.4) is 0 Å². The minimum atomic E-state index is -0.818. The van der Waals surface area contributed by atoms with E-state index in [2.05, 4.69) is 6.92 Å². The molecule has 0 heterocycles. The minimum absolute atomic E-state index is 0.0144. The molecule has 0 aliphatic carbocycles. The number of rotatable bonds is 7. The van der Waals surface area contributed by atoms with E-state index in [0.29, 0.717) is 5.69 Å². The lowest BCUT2D eigenvalue weighted by atomic mass is 10.1. The third-order valence-corrected chi connectivity index (χ3v) is 3.30. The Hall–Kier alpha value is -1.16. The van der Waals surface area contributed by atoms with Gasteiger partial charge in [-0.25, -0.2) is 8.78 Å². The molecular weight excluding hydrogens is 246 g/mol. The molecule has 0 aliphatic rings. The molecule has 0 aromatic heterocycles. The molecule has 19 heavy (non-hydrogen) atoms. The Morgan fingerprint density at radius 2 is 1.84 bits per heavy atom. The van der Waals surface area contributed by atoms with E-state index in [4.69, 9.17) is 5.73 Å². The topological polar surface area (TPSA) is 29.3 Å². The van der Waals surface area contributed by atoms with Gasteiger partial charge in [-0.2, -0.15) is 0 Å². The van der Waals surface area contributed by atoms with Gasteiger partial charge < -0.3 is 10.6 Å². The summed E-state index contributed by atoms with van der Waals surface area (Å²) in [5.74, 6) is -1.60. The summed E-state index contributed by atoms with van der Waals surface area (Å²) < 4.78 is 27.9. The normalized spacial score (nSPS) is 11.1. The summed E-state index contributed by atoms with van der Waals surface area (Å²) in [7, 11) is 0. The average molecular weight is 270 g/mol. The second-order valence-corrected chi connectivity index (χ2v) is 5.07. The SMILES string of the molecule is CCCCCN(c1ccc(CN)c(F)c1F)C(C)C. The van der Waals surface area contributed by atoms with Crippen molar-refractivity contribution in [3.63, 3.8) is 0 Å². The van der Waals surface area contributed by atoms with E-state index in [1.807, 2.05) is 18.7 Å². The summed E-state index contributed by atoms with van der Waals surface area (Å²) in [6.45, 7) is 6.85. The molecular formula is C15H24F2N2. The number of nitrogens with zero attached hydrogens (tertiary/aromatic N) is 1. The third kappa shape index (κ3) is 3.90. The van der Waals surface area contributed by atoms with Crippen LogP contribution < -0.4 is 10.6 Å². The maximum absolute atomic E-state index is 14.1. The molecule has 4 heteroatoms. The van der Waals surface area contributed by atoms with Crippen LogP contribution in [0.15, 0.2) is 12.1 Å². The van der Waals surface area contributed by atoms with E-state index in [9.17, 15) is 8.78 Å². The Kier molecular flexibility index (Phi) is 6.22. The Morgan fingerprint density at radius 1 is 1.16 bits per heavy atom. The molecule has 0 unspecified atom stereocenters. The largest absolute Gasteiger partial charge is 0.367 e. The van der Waals surface area contributed by atoms with Crippen LogP contribution in [-0.2, 0) is 6.54 Å². The van der Waals surface area contributed by atoms with Gasteiger partial charge in [-0.1, -0.05) is 25.8 Å². The first-order chi connectivity index (χ1) is 9.02. The van der Waals surface area contributed by atoms with Crippen molar-refractivity contribution in [2.45, 2.75) is 52.6 Å². The molecule has 0 bridgehead atoms. The van der Waals surface area contributed by atoms with Gasteiger partial charge in [0, 0.05) is 24.7 Å². The quantitative estimate of drug-likeness (QED) is 0.763. The van der Waals surface area contributed by atoms with Gasteiger partial charge >= 0.3 is 0 Å². The number of nitrogens with two attached hydrogens (primary N) is 1. The first kappa shape index (κ1) is 15.9. The fraction of sp³-hybridized carbons (Fsp3) is 0.600. The average Bonchev–Trinajstić information content (AvgIpc) is 2.38. The molecule has 0 amide bonds. The molecule has 1 aromatic carbocycles. The molecule has 0 saturated heterocycles. The van der Waals surface area contributed by atoms with Gasteiger partial charge in [-0.15, -0.1) is 0 Å². The van der Waals surface area contributed by atoms with Crippen molar-refractivity contribution >= 4 is 5.69 Å². The number of unbranched alkanes of at least 4 members (excludes halogenated alkanes) is 2. The first-order valence-electron chi connectivity index (χ1n) is 6.96. The summed E-state index contributed by atoms with van der Waals surface area (Å²) in [6.07, 6.45) is 3.18. The Balaban J connectivity index is 2.99. The molecule has 0 fully saturated rings. The maximum atomic E-state index is 14.1. The van der Waals surface area contributed by atoms with E-state index in [1.165, 1.54) is 0 Å². The zero-order valence-corrected chi connectivity index (χ0v) is 12.0. The van der Waals surface area contributed by atoms with Gasteiger partial charge in [0.05, 0.1) is 5.69 Å². The molecule has 2 N–H and O–H groups in total. The lowest BCUT2D eigenvalue weighted by Gasteiger charge is -2.29. The molecule has 2 nitrogen and oxygen atoms in total. The van der Waals surface area contributed by atoms with Crippen molar-refractivity contribution in [2.24, 2.45) is 5.73 Å². The van der Waals surface area contributed by atoms with Crippen LogP contribution in [0.1, 0.15) is 45.6 Å². The van der Waals surface area contributed by atoms with Crippen LogP contribution >= 0.6 is 0 Å². The summed E-state index contributed by atoms with van der Waals surface area (Å²) in [5.41, 5.74) is 5.94. The first-order valence-corrected chi connectivity index (χ1v) is 6.96. The van der Waals surface area contributed by atoms with E-state index >= 15 is 0 Å². The molecule has 0 atom stereocenters. The minimum Gasteiger partial charge on any atom is -0.367 e. The Bertz CT molecular complexity index is 405. The molecule has 1 aromatic rings. The van der Waals surface area contributed by atoms with Crippen molar-refractivity contribution < 1.29 is 8.78 Å². The summed E-state index contributed by atoms with van der Waals surface area (Å²) in [4.78, 5) is 1.91. The van der Waals surface area contributed by atoms with Gasteiger partial charge in [0.2, 0.25) is 0 Å². The lowest BCUT2D eigenvalue weighted by molar-refractivity contribution is 0.492. The molecule has 108 valence electrons. The Labute approximate surface area is 114 Å². The van der Waals surface area contributed by atoms with E-state index in [0.717, 1.165) is 25.8 Å². The van der Waals surface area contributed by atoms with Gasteiger partial charge in [0.1, 0.15) is 0 Å². The highest BCUT2D eigenvalue weighted by Gasteiger charge is 2.19. The van der Waals surface area contributed by atoms with Crippen molar-refractivity contribution in [2.75, 3.05) is 11.4 Å². The van der Waals surface area contributed by atoms with E-state index < -0.39 is 11.6 Å². The standard InChI is InChI=1S/C15H24F2N2/c1-4-5-6-9-19(11(2)3)13-8-7-12(10-18)14(16)15(13)17/h7-8,11H,4-6,9-10,18H2,1-3H3. The van der Waals surface area contributed by atoms with Crippen molar-refractivity contribution in [1.82, 2.24) is 0 Å². The summed E-state index contributed by atoms with van der Waals surface area (Å²) in [6, 6.07) is 3.34. The molecule has 0 spiro atoms. The van der Waals surface area contributed by atoms with Crippen LogP contribution in [0.2, 0.25) is 0 Å². The van der Waals surface area contributed by atoms with Crippen molar-refractivity contribution in [1.29, 1.82) is 0 Å². The highest BCUT2D eigenvalue weighted by Crippen LogP contribution is 2.26. The second-order valence-electron chi connectivity index (χ2n) is 5.07. The van der Waals surface area contributed by atoms with E-state index in [-0.39, 0.29) is 18.2 Å². The zero-order valence-electron chi connectivity index (χ0n) is 12.0. The van der Waals surface area contributed by atoms with Gasteiger partial charge in [-0.05, 0) is 26.3 Å². The molecule has 0 aliphatic heterocycles. The van der Waals surface area contributed by atoms with Crippen LogP contribution in [0.4, 0.5) is 14.5 Å². The van der Waals surface area contributed by atoms with Crippen LogP contribution in [-0.4, -0.2) is 12.6 Å². The summed E-state index contributed by atoms with van der Waals surface area (Å²) in [5, 5.41) is 0. The number of hydrogen-bond acceptors (Lipinski definition) is 2. The Morgan fingerprint density at radius 3 is 2.37 bits per heavy atom. The number of anilines is 1. The van der Waals surface area contributed by atoms with Crippen molar-refractivity contribution in [3.8, 4) is 0 Å². The van der Waals surface area contributed by atoms with Gasteiger partial charge in [0.15, 0.2) is 11.6 Å². The molecule has 0 saturated carbocycles. The predicted molar refractivity (Wildman–Crippen MR) is 76.3 cm³/mol. The number of benzene rings is 1. The highest BCUT2D eigenvalue weighted by molar-refractivity contribution is 5.50.